The number of carboxylic acids is 1. The first-order valence-electron chi connectivity index (χ1n) is 7.26. The summed E-state index contributed by atoms with van der Waals surface area (Å²) >= 11 is 0. The Bertz CT molecular complexity index is 781. The number of hydrogen-bond acceptors (Lipinski definition) is 2. The molecule has 0 fully saturated rings. The lowest BCUT2D eigenvalue weighted by molar-refractivity contribution is -0.138. The summed E-state index contributed by atoms with van der Waals surface area (Å²) in [6.07, 6.45) is -4.52. The van der Waals surface area contributed by atoms with Gasteiger partial charge < -0.3 is 15.0 Å². The average molecular weight is 342 g/mol. The van der Waals surface area contributed by atoms with Crippen molar-refractivity contribution in [1.82, 2.24) is 9.88 Å². The molecule has 0 radical (unpaired) electrons. The number of carbonyl (C=O) groups is 2. The monoisotopic (exact) mass is 342 g/mol. The Labute approximate surface area is 136 Å². The van der Waals surface area contributed by atoms with E-state index in [1.807, 2.05) is 0 Å². The number of amides is 1. The Morgan fingerprint density at radius 2 is 1.96 bits per heavy atom. The van der Waals surface area contributed by atoms with E-state index in [-0.39, 0.29) is 24.6 Å². The van der Waals surface area contributed by atoms with Gasteiger partial charge in [0.25, 0.3) is 5.91 Å². The van der Waals surface area contributed by atoms with Gasteiger partial charge in [0.15, 0.2) is 0 Å². The summed E-state index contributed by atoms with van der Waals surface area (Å²) < 4.78 is 39.8. The van der Waals surface area contributed by atoms with Crippen molar-refractivity contribution < 1.29 is 27.9 Å². The molecule has 0 saturated heterocycles. The first kappa shape index (κ1) is 17.8. The first-order valence-corrected chi connectivity index (χ1v) is 7.26. The van der Waals surface area contributed by atoms with Crippen molar-refractivity contribution in [3.05, 3.63) is 35.5 Å². The van der Waals surface area contributed by atoms with Crippen LogP contribution in [0.5, 0.6) is 0 Å². The maximum atomic E-state index is 12.8. The van der Waals surface area contributed by atoms with Crippen LogP contribution in [0.25, 0.3) is 10.9 Å². The van der Waals surface area contributed by atoms with E-state index in [2.05, 4.69) is 5.32 Å². The zero-order valence-corrected chi connectivity index (χ0v) is 13.1. The second-order valence-electron chi connectivity index (χ2n) is 5.77. The highest BCUT2D eigenvalue weighted by Gasteiger charge is 2.30. The Morgan fingerprint density at radius 3 is 2.54 bits per heavy atom. The van der Waals surface area contributed by atoms with Gasteiger partial charge >= 0.3 is 12.1 Å². The molecule has 1 aromatic heterocycles. The van der Waals surface area contributed by atoms with Crippen LogP contribution in [0, 0.1) is 5.92 Å². The number of halogens is 3. The topological polar surface area (TPSA) is 71.3 Å². The molecule has 2 aromatic rings. The van der Waals surface area contributed by atoms with E-state index in [9.17, 15) is 22.8 Å². The summed E-state index contributed by atoms with van der Waals surface area (Å²) in [5.74, 6) is -1.67. The predicted octanol–water partition coefficient (Wildman–Crippen LogP) is 3.04. The van der Waals surface area contributed by atoms with Crippen molar-refractivity contribution in [2.45, 2.75) is 19.5 Å². The van der Waals surface area contributed by atoms with Gasteiger partial charge in [-0.2, -0.15) is 13.2 Å². The van der Waals surface area contributed by atoms with Crippen LogP contribution in [0.2, 0.25) is 0 Å². The lowest BCUT2D eigenvalue weighted by atomic mass is 10.1. The van der Waals surface area contributed by atoms with Gasteiger partial charge in [-0.15, -0.1) is 0 Å². The van der Waals surface area contributed by atoms with E-state index in [1.165, 1.54) is 16.7 Å². The second-order valence-corrected chi connectivity index (χ2v) is 5.77. The van der Waals surface area contributed by atoms with Gasteiger partial charge in [0.05, 0.1) is 5.56 Å². The van der Waals surface area contributed by atoms with Crippen molar-refractivity contribution in [1.29, 1.82) is 0 Å². The van der Waals surface area contributed by atoms with Gasteiger partial charge in [-0.1, -0.05) is 6.92 Å². The molecule has 130 valence electrons. The SMILES string of the molecule is CC(CNC(=O)c1cc2cc(C(F)(F)F)ccc2n1C)CC(=O)O. The lowest BCUT2D eigenvalue weighted by Crippen LogP contribution is -2.30. The molecule has 2 N–H and O–H groups in total. The summed E-state index contributed by atoms with van der Waals surface area (Å²) in [7, 11) is 1.59. The van der Waals surface area contributed by atoms with Crippen molar-refractivity contribution in [2.75, 3.05) is 6.54 Å². The van der Waals surface area contributed by atoms with Gasteiger partial charge in [-0.05, 0) is 30.2 Å². The highest BCUT2D eigenvalue weighted by atomic mass is 19.4. The van der Waals surface area contributed by atoms with Crippen LogP contribution >= 0.6 is 0 Å². The fourth-order valence-corrected chi connectivity index (χ4v) is 2.47. The quantitative estimate of drug-likeness (QED) is 0.877. The second kappa shape index (κ2) is 6.54. The Kier molecular flexibility index (Phi) is 4.86. The molecule has 0 spiro atoms. The molecule has 0 bridgehead atoms. The van der Waals surface area contributed by atoms with Crippen LogP contribution in [-0.2, 0) is 18.0 Å². The molecule has 0 saturated carbocycles. The number of aromatic nitrogens is 1. The number of aryl methyl sites for hydroxylation is 1. The van der Waals surface area contributed by atoms with Crippen LogP contribution in [-0.4, -0.2) is 28.1 Å². The van der Waals surface area contributed by atoms with E-state index in [0.29, 0.717) is 10.9 Å². The molecule has 5 nitrogen and oxygen atoms in total. The van der Waals surface area contributed by atoms with E-state index < -0.39 is 23.6 Å². The Balaban J connectivity index is 2.21. The predicted molar refractivity (Wildman–Crippen MR) is 81.7 cm³/mol. The Hall–Kier alpha value is -2.51. The molecule has 1 amide bonds. The number of hydrogen-bond donors (Lipinski definition) is 2. The number of nitrogens with zero attached hydrogens (tertiary/aromatic N) is 1. The third-order valence-corrected chi connectivity index (χ3v) is 3.74. The summed E-state index contributed by atoms with van der Waals surface area (Å²) in [6, 6.07) is 4.68. The van der Waals surface area contributed by atoms with Crippen molar-refractivity contribution in [2.24, 2.45) is 13.0 Å². The number of alkyl halides is 3. The third-order valence-electron chi connectivity index (χ3n) is 3.74. The summed E-state index contributed by atoms with van der Waals surface area (Å²) in [4.78, 5) is 22.8. The molecular weight excluding hydrogens is 325 g/mol. The van der Waals surface area contributed by atoms with Crippen molar-refractivity contribution >= 4 is 22.8 Å². The minimum atomic E-state index is -4.45. The molecule has 0 aliphatic rings. The largest absolute Gasteiger partial charge is 0.481 e. The molecule has 0 aliphatic carbocycles. The van der Waals surface area contributed by atoms with Gasteiger partial charge in [-0.3, -0.25) is 9.59 Å². The van der Waals surface area contributed by atoms with Gasteiger partial charge in [0, 0.05) is 30.9 Å². The molecule has 1 heterocycles. The number of aliphatic carboxylic acids is 1. The molecule has 24 heavy (non-hydrogen) atoms. The van der Waals surface area contributed by atoms with Crippen LogP contribution < -0.4 is 5.32 Å². The molecule has 1 atom stereocenters. The third kappa shape index (κ3) is 3.87. The maximum Gasteiger partial charge on any atom is 0.416 e. The Morgan fingerprint density at radius 1 is 1.29 bits per heavy atom. The van der Waals surface area contributed by atoms with Gasteiger partial charge in [0.1, 0.15) is 5.69 Å². The fraction of sp³-hybridized carbons (Fsp3) is 0.375. The number of carboxylic acid groups (broad SMARTS) is 1. The average Bonchev–Trinajstić information content (AvgIpc) is 2.80. The summed E-state index contributed by atoms with van der Waals surface area (Å²) in [5, 5.41) is 11.6. The normalized spacial score (nSPS) is 13.0. The number of carbonyl (C=O) groups excluding carboxylic acids is 1. The highest BCUT2D eigenvalue weighted by Crippen LogP contribution is 2.32. The molecule has 2 rings (SSSR count). The van der Waals surface area contributed by atoms with Crippen LogP contribution in [0.1, 0.15) is 29.4 Å². The molecular formula is C16H17F3N2O3. The van der Waals surface area contributed by atoms with E-state index in [1.54, 1.807) is 14.0 Å². The van der Waals surface area contributed by atoms with E-state index >= 15 is 0 Å². The smallest absolute Gasteiger partial charge is 0.416 e. The lowest BCUT2D eigenvalue weighted by Gasteiger charge is -2.11. The number of nitrogens with one attached hydrogen (secondary N) is 1. The maximum absolute atomic E-state index is 12.8. The van der Waals surface area contributed by atoms with Crippen molar-refractivity contribution in [3.63, 3.8) is 0 Å². The molecule has 8 heteroatoms. The molecule has 1 aromatic carbocycles. The van der Waals surface area contributed by atoms with Crippen LogP contribution in [0.15, 0.2) is 24.3 Å². The minimum absolute atomic E-state index is 0.0790. The number of fused-ring (bicyclic) bond motifs is 1. The zero-order chi connectivity index (χ0) is 18.1. The molecule has 1 unspecified atom stereocenters. The van der Waals surface area contributed by atoms with Gasteiger partial charge in [-0.25, -0.2) is 0 Å². The highest BCUT2D eigenvalue weighted by molar-refractivity contribution is 5.98. The standard InChI is InChI=1S/C16H17F3N2O3/c1-9(5-14(22)23)8-20-15(24)13-7-10-6-11(16(17,18)19)3-4-12(10)21(13)2/h3-4,6-7,9H,5,8H2,1-2H3,(H,20,24)(H,22,23). The number of rotatable bonds is 5. The van der Waals surface area contributed by atoms with E-state index in [0.717, 1.165) is 12.1 Å². The first-order chi connectivity index (χ1) is 11.1. The van der Waals surface area contributed by atoms with Crippen LogP contribution in [0.3, 0.4) is 0 Å². The summed E-state index contributed by atoms with van der Waals surface area (Å²) in [6.45, 7) is 1.85. The minimum Gasteiger partial charge on any atom is -0.481 e. The zero-order valence-electron chi connectivity index (χ0n) is 13.1. The van der Waals surface area contributed by atoms with Crippen molar-refractivity contribution in [3.8, 4) is 0 Å². The van der Waals surface area contributed by atoms with E-state index in [4.69, 9.17) is 5.11 Å². The fourth-order valence-electron chi connectivity index (χ4n) is 2.47. The molecule has 0 aliphatic heterocycles. The van der Waals surface area contributed by atoms with Crippen LogP contribution in [0.4, 0.5) is 13.2 Å². The number of benzene rings is 1. The summed E-state index contributed by atoms with van der Waals surface area (Å²) in [5.41, 5.74) is -0.0544. The van der Waals surface area contributed by atoms with Gasteiger partial charge in [0.2, 0.25) is 0 Å².